The Morgan fingerprint density at radius 1 is 1.20 bits per heavy atom. The quantitative estimate of drug-likeness (QED) is 0.801. The number of carbonyl (C=O) groups is 1. The van der Waals surface area contributed by atoms with Gasteiger partial charge in [0, 0.05) is 23.7 Å². The molecule has 1 amide bonds. The monoisotopic (exact) mass is 369 g/mol. The lowest BCUT2D eigenvalue weighted by Crippen LogP contribution is -2.43. The van der Waals surface area contributed by atoms with Crippen LogP contribution in [0.2, 0.25) is 0 Å². The molecule has 4 nitrogen and oxygen atoms in total. The normalized spacial score (nSPS) is 22.3. The SMILES string of the molecule is O=C(c1csc(-c2cccs2)n1)N(C1CC1)C1CCC2=C(C=NC2)C1. The van der Waals surface area contributed by atoms with Gasteiger partial charge < -0.3 is 4.90 Å². The van der Waals surface area contributed by atoms with Crippen LogP contribution < -0.4 is 0 Å². The summed E-state index contributed by atoms with van der Waals surface area (Å²) in [6.07, 6.45) is 7.38. The number of amides is 1. The number of rotatable bonds is 4. The molecule has 2 aliphatic carbocycles. The van der Waals surface area contributed by atoms with Crippen molar-refractivity contribution in [1.29, 1.82) is 0 Å². The van der Waals surface area contributed by atoms with Gasteiger partial charge in [0.25, 0.3) is 5.91 Å². The number of hydrogen-bond donors (Lipinski definition) is 0. The van der Waals surface area contributed by atoms with E-state index in [4.69, 9.17) is 0 Å². The third kappa shape index (κ3) is 2.87. The summed E-state index contributed by atoms with van der Waals surface area (Å²) in [5.74, 6) is 0.116. The molecule has 1 atom stereocenters. The molecule has 5 rings (SSSR count). The van der Waals surface area contributed by atoms with Crippen LogP contribution in [0.3, 0.4) is 0 Å². The van der Waals surface area contributed by atoms with Crippen molar-refractivity contribution in [2.24, 2.45) is 4.99 Å². The summed E-state index contributed by atoms with van der Waals surface area (Å²) < 4.78 is 0. The maximum absolute atomic E-state index is 13.2. The zero-order chi connectivity index (χ0) is 16.8. The van der Waals surface area contributed by atoms with Crippen LogP contribution in [0.25, 0.3) is 9.88 Å². The molecule has 2 aromatic rings. The van der Waals surface area contributed by atoms with E-state index in [9.17, 15) is 4.79 Å². The molecule has 1 fully saturated rings. The fraction of sp³-hybridized carbons (Fsp3) is 0.421. The number of carbonyl (C=O) groups excluding carboxylic acids is 1. The summed E-state index contributed by atoms with van der Waals surface area (Å²) in [6.45, 7) is 0.871. The highest BCUT2D eigenvalue weighted by atomic mass is 32.1. The van der Waals surface area contributed by atoms with Crippen molar-refractivity contribution >= 4 is 34.8 Å². The second kappa shape index (κ2) is 6.18. The Labute approximate surface area is 154 Å². The van der Waals surface area contributed by atoms with E-state index in [-0.39, 0.29) is 5.91 Å². The van der Waals surface area contributed by atoms with Crippen molar-refractivity contribution in [1.82, 2.24) is 9.88 Å². The Kier molecular flexibility index (Phi) is 3.82. The zero-order valence-electron chi connectivity index (χ0n) is 13.9. The van der Waals surface area contributed by atoms with E-state index in [2.05, 4.69) is 20.9 Å². The smallest absolute Gasteiger partial charge is 0.273 e. The summed E-state index contributed by atoms with van der Waals surface area (Å²) in [5.41, 5.74) is 3.46. The first-order valence-electron chi connectivity index (χ1n) is 8.82. The van der Waals surface area contributed by atoms with E-state index < -0.39 is 0 Å². The van der Waals surface area contributed by atoms with Gasteiger partial charge in [0.15, 0.2) is 0 Å². The van der Waals surface area contributed by atoms with Gasteiger partial charge in [-0.1, -0.05) is 6.07 Å². The lowest BCUT2D eigenvalue weighted by atomic mass is 9.88. The van der Waals surface area contributed by atoms with Crippen LogP contribution >= 0.6 is 22.7 Å². The standard InChI is InChI=1S/C19H19N3OS2/c23-19(16-11-25-18(21-16)17-2-1-7-24-17)22(14-5-6-14)15-4-3-12-9-20-10-13(12)8-15/h1-2,7,10-11,14-15H,3-6,8-9H2. The molecule has 25 heavy (non-hydrogen) atoms. The predicted octanol–water partition coefficient (Wildman–Crippen LogP) is 4.41. The van der Waals surface area contributed by atoms with Gasteiger partial charge >= 0.3 is 0 Å². The summed E-state index contributed by atoms with van der Waals surface area (Å²) in [5, 5.41) is 4.92. The molecule has 0 aromatic carbocycles. The third-order valence-corrected chi connectivity index (χ3v) is 7.12. The molecule has 0 N–H and O–H groups in total. The first-order chi connectivity index (χ1) is 12.3. The molecule has 0 saturated heterocycles. The lowest BCUT2D eigenvalue weighted by molar-refractivity contribution is 0.0640. The molecule has 1 aliphatic heterocycles. The Morgan fingerprint density at radius 3 is 2.92 bits per heavy atom. The molecular weight excluding hydrogens is 350 g/mol. The number of thiophene rings is 1. The van der Waals surface area contributed by atoms with Crippen LogP contribution in [0.15, 0.2) is 39.0 Å². The van der Waals surface area contributed by atoms with Gasteiger partial charge in [-0.3, -0.25) is 9.79 Å². The van der Waals surface area contributed by atoms with Gasteiger partial charge in [-0.05, 0) is 54.7 Å². The highest BCUT2D eigenvalue weighted by Gasteiger charge is 2.40. The first kappa shape index (κ1) is 15.5. The van der Waals surface area contributed by atoms with Gasteiger partial charge in [0.2, 0.25) is 0 Å². The Balaban J connectivity index is 1.39. The molecule has 3 heterocycles. The van der Waals surface area contributed by atoms with Gasteiger partial charge in [-0.15, -0.1) is 22.7 Å². The van der Waals surface area contributed by atoms with Crippen LogP contribution in [0, 0.1) is 0 Å². The van der Waals surface area contributed by atoms with Crippen molar-refractivity contribution < 1.29 is 4.79 Å². The Morgan fingerprint density at radius 2 is 2.12 bits per heavy atom. The van der Waals surface area contributed by atoms with Crippen molar-refractivity contribution in [3.8, 4) is 9.88 Å². The summed E-state index contributed by atoms with van der Waals surface area (Å²) in [4.78, 5) is 25.6. The summed E-state index contributed by atoms with van der Waals surface area (Å²) in [6, 6.07) is 4.79. The van der Waals surface area contributed by atoms with E-state index in [1.807, 2.05) is 23.0 Å². The topological polar surface area (TPSA) is 45.6 Å². The van der Waals surface area contributed by atoms with Gasteiger partial charge in [0.05, 0.1) is 11.4 Å². The minimum Gasteiger partial charge on any atom is -0.331 e. The molecule has 2 aromatic heterocycles. The van der Waals surface area contributed by atoms with Crippen LogP contribution in [0.5, 0.6) is 0 Å². The molecule has 0 bridgehead atoms. The van der Waals surface area contributed by atoms with Crippen LogP contribution in [-0.4, -0.2) is 40.6 Å². The number of aromatic nitrogens is 1. The van der Waals surface area contributed by atoms with Crippen molar-refractivity contribution in [3.05, 3.63) is 39.7 Å². The minimum absolute atomic E-state index is 0.116. The number of nitrogens with zero attached hydrogens (tertiary/aromatic N) is 3. The second-order valence-corrected chi connectivity index (χ2v) is 8.76. The highest BCUT2D eigenvalue weighted by molar-refractivity contribution is 7.20. The summed E-state index contributed by atoms with van der Waals surface area (Å²) in [7, 11) is 0. The molecule has 0 spiro atoms. The van der Waals surface area contributed by atoms with E-state index >= 15 is 0 Å². The van der Waals surface area contributed by atoms with Gasteiger partial charge in [-0.2, -0.15) is 0 Å². The van der Waals surface area contributed by atoms with E-state index in [0.717, 1.165) is 48.5 Å². The molecule has 3 aliphatic rings. The maximum atomic E-state index is 13.2. The van der Waals surface area contributed by atoms with Gasteiger partial charge in [-0.25, -0.2) is 4.98 Å². The third-order valence-electron chi connectivity index (χ3n) is 5.24. The molecular formula is C19H19N3OS2. The second-order valence-electron chi connectivity index (χ2n) is 6.95. The van der Waals surface area contributed by atoms with Crippen molar-refractivity contribution in [3.63, 3.8) is 0 Å². The van der Waals surface area contributed by atoms with Crippen molar-refractivity contribution in [2.45, 2.75) is 44.2 Å². The molecule has 1 saturated carbocycles. The summed E-state index contributed by atoms with van der Waals surface area (Å²) >= 11 is 3.24. The number of aliphatic imine (C=N–C) groups is 1. The van der Waals surface area contributed by atoms with Crippen LogP contribution in [0.4, 0.5) is 0 Å². The Hall–Kier alpha value is -1.79. The van der Waals surface area contributed by atoms with E-state index in [0.29, 0.717) is 17.8 Å². The number of hydrogen-bond acceptors (Lipinski definition) is 5. The van der Waals surface area contributed by atoms with E-state index in [1.165, 1.54) is 11.1 Å². The molecule has 1 unspecified atom stereocenters. The van der Waals surface area contributed by atoms with E-state index in [1.54, 1.807) is 22.7 Å². The fourth-order valence-electron chi connectivity index (χ4n) is 3.83. The lowest BCUT2D eigenvalue weighted by Gasteiger charge is -2.34. The first-order valence-corrected chi connectivity index (χ1v) is 10.6. The minimum atomic E-state index is 0.116. The zero-order valence-corrected chi connectivity index (χ0v) is 15.5. The maximum Gasteiger partial charge on any atom is 0.273 e. The van der Waals surface area contributed by atoms with Crippen LogP contribution in [-0.2, 0) is 0 Å². The largest absolute Gasteiger partial charge is 0.331 e. The average Bonchev–Trinajstić information content (AvgIpc) is 3.09. The molecule has 6 heteroatoms. The van der Waals surface area contributed by atoms with Crippen molar-refractivity contribution in [2.75, 3.05) is 6.54 Å². The average molecular weight is 370 g/mol. The van der Waals surface area contributed by atoms with Gasteiger partial charge in [0.1, 0.15) is 10.7 Å². The molecule has 0 radical (unpaired) electrons. The Bertz CT molecular complexity index is 861. The highest BCUT2D eigenvalue weighted by Crippen LogP contribution is 2.38. The molecule has 128 valence electrons. The van der Waals surface area contributed by atoms with Crippen LogP contribution in [0.1, 0.15) is 42.6 Å². The fourth-order valence-corrected chi connectivity index (χ4v) is 5.44. The number of thiazole rings is 1. The predicted molar refractivity (Wildman–Crippen MR) is 103 cm³/mol.